The highest BCUT2D eigenvalue weighted by molar-refractivity contribution is 7.71. The monoisotopic (exact) mass is 211 g/mol. The standard InChI is InChI=1S/C9H6ClNOS/c10-7-3-1-6(2-4-7)8-5-9(13)11-12-8/h1-5H,(H,11,13). The van der Waals surface area contributed by atoms with E-state index in [-0.39, 0.29) is 0 Å². The number of aromatic nitrogens is 1. The summed E-state index contributed by atoms with van der Waals surface area (Å²) in [6.07, 6.45) is 0. The summed E-state index contributed by atoms with van der Waals surface area (Å²) >= 11 is 10.6. The zero-order valence-corrected chi connectivity index (χ0v) is 8.15. The Hall–Kier alpha value is -1.06. The second kappa shape index (κ2) is 3.36. The van der Waals surface area contributed by atoms with E-state index >= 15 is 0 Å². The van der Waals surface area contributed by atoms with E-state index < -0.39 is 0 Å². The van der Waals surface area contributed by atoms with Crippen molar-refractivity contribution in [2.24, 2.45) is 0 Å². The summed E-state index contributed by atoms with van der Waals surface area (Å²) < 4.78 is 5.71. The van der Waals surface area contributed by atoms with E-state index in [9.17, 15) is 0 Å². The molecule has 0 aliphatic heterocycles. The highest BCUT2D eigenvalue weighted by Gasteiger charge is 2.00. The number of benzene rings is 1. The topological polar surface area (TPSA) is 28.9 Å². The second-order valence-corrected chi connectivity index (χ2v) is 3.46. The van der Waals surface area contributed by atoms with E-state index in [1.54, 1.807) is 6.07 Å². The maximum atomic E-state index is 5.75. The molecule has 1 aromatic carbocycles. The van der Waals surface area contributed by atoms with Crippen molar-refractivity contribution in [1.82, 2.24) is 5.16 Å². The molecule has 0 unspecified atom stereocenters. The molecule has 2 rings (SSSR count). The minimum absolute atomic E-state index is 0.588. The number of rotatable bonds is 1. The Balaban J connectivity index is 2.47. The first-order chi connectivity index (χ1) is 6.25. The van der Waals surface area contributed by atoms with Crippen molar-refractivity contribution >= 4 is 23.8 Å². The van der Waals surface area contributed by atoms with Crippen molar-refractivity contribution in [3.63, 3.8) is 0 Å². The molecule has 2 nitrogen and oxygen atoms in total. The summed E-state index contributed by atoms with van der Waals surface area (Å²) in [4.78, 5) is 0. The van der Waals surface area contributed by atoms with Crippen molar-refractivity contribution in [2.45, 2.75) is 0 Å². The molecule has 0 aliphatic carbocycles. The van der Waals surface area contributed by atoms with Gasteiger partial charge in [-0.1, -0.05) is 23.8 Å². The third-order valence-corrected chi connectivity index (χ3v) is 2.11. The fraction of sp³-hybridized carbons (Fsp3) is 0. The van der Waals surface area contributed by atoms with Gasteiger partial charge in [0.05, 0.1) is 0 Å². The lowest BCUT2D eigenvalue weighted by atomic mass is 10.2. The lowest BCUT2D eigenvalue weighted by Gasteiger charge is -1.94. The average Bonchev–Trinajstić information content (AvgIpc) is 2.53. The van der Waals surface area contributed by atoms with E-state index in [4.69, 9.17) is 28.3 Å². The van der Waals surface area contributed by atoms with Gasteiger partial charge in [0.2, 0.25) is 0 Å². The van der Waals surface area contributed by atoms with Gasteiger partial charge in [0.1, 0.15) is 4.64 Å². The van der Waals surface area contributed by atoms with Crippen molar-refractivity contribution < 1.29 is 4.52 Å². The maximum Gasteiger partial charge on any atom is 0.165 e. The zero-order valence-electron chi connectivity index (χ0n) is 6.58. The van der Waals surface area contributed by atoms with Crippen LogP contribution >= 0.6 is 23.8 Å². The summed E-state index contributed by atoms with van der Waals surface area (Å²) in [5.41, 5.74) is 0.955. The highest BCUT2D eigenvalue weighted by atomic mass is 35.5. The van der Waals surface area contributed by atoms with E-state index in [2.05, 4.69) is 5.16 Å². The molecule has 1 heterocycles. The third kappa shape index (κ3) is 1.82. The second-order valence-electron chi connectivity index (χ2n) is 2.58. The maximum absolute atomic E-state index is 5.75. The van der Waals surface area contributed by atoms with Crippen LogP contribution in [0.1, 0.15) is 0 Å². The van der Waals surface area contributed by atoms with E-state index in [1.165, 1.54) is 0 Å². The molecule has 0 saturated carbocycles. The van der Waals surface area contributed by atoms with Gasteiger partial charge in [-0.25, -0.2) is 5.16 Å². The molecular weight excluding hydrogens is 206 g/mol. The highest BCUT2D eigenvalue weighted by Crippen LogP contribution is 2.20. The van der Waals surface area contributed by atoms with Crippen LogP contribution < -0.4 is 0 Å². The van der Waals surface area contributed by atoms with Crippen LogP contribution in [0.5, 0.6) is 0 Å². The van der Waals surface area contributed by atoms with Crippen LogP contribution in [-0.4, -0.2) is 5.16 Å². The molecule has 0 fully saturated rings. The van der Waals surface area contributed by atoms with E-state index in [0.717, 1.165) is 11.3 Å². The van der Waals surface area contributed by atoms with E-state index in [0.29, 0.717) is 9.66 Å². The number of aromatic amines is 1. The van der Waals surface area contributed by atoms with Gasteiger partial charge in [-0.05, 0) is 24.3 Å². The van der Waals surface area contributed by atoms with Gasteiger partial charge >= 0.3 is 0 Å². The zero-order chi connectivity index (χ0) is 9.26. The number of H-pyrrole nitrogens is 1. The Morgan fingerprint density at radius 1 is 1.23 bits per heavy atom. The molecular formula is C9H6ClNOS. The summed E-state index contributed by atoms with van der Waals surface area (Å²) in [5, 5.41) is 3.29. The summed E-state index contributed by atoms with van der Waals surface area (Å²) in [6.45, 7) is 0. The molecule has 0 spiro atoms. The molecule has 66 valence electrons. The first-order valence-electron chi connectivity index (χ1n) is 3.70. The molecule has 4 heteroatoms. The van der Waals surface area contributed by atoms with Gasteiger partial charge in [0.25, 0.3) is 0 Å². The van der Waals surface area contributed by atoms with Gasteiger partial charge in [-0.2, -0.15) is 0 Å². The van der Waals surface area contributed by atoms with Crippen LogP contribution in [0.3, 0.4) is 0 Å². The Bertz CT molecular complexity index is 457. The largest absolute Gasteiger partial charge is 0.381 e. The quantitative estimate of drug-likeness (QED) is 0.730. The molecule has 0 radical (unpaired) electrons. The molecule has 2 aromatic rings. The van der Waals surface area contributed by atoms with E-state index in [1.807, 2.05) is 24.3 Å². The first-order valence-corrected chi connectivity index (χ1v) is 4.49. The minimum Gasteiger partial charge on any atom is -0.381 e. The van der Waals surface area contributed by atoms with Crippen LogP contribution in [0.2, 0.25) is 5.02 Å². The van der Waals surface area contributed by atoms with Crippen molar-refractivity contribution in [1.29, 1.82) is 0 Å². The van der Waals surface area contributed by atoms with Gasteiger partial charge in [0, 0.05) is 16.7 Å². The van der Waals surface area contributed by atoms with Gasteiger partial charge < -0.3 is 4.52 Å². The average molecular weight is 212 g/mol. The number of halogens is 1. The number of nitrogens with one attached hydrogen (secondary N) is 1. The molecule has 1 N–H and O–H groups in total. The first kappa shape index (κ1) is 8.53. The fourth-order valence-corrected chi connectivity index (χ4v) is 1.31. The Morgan fingerprint density at radius 2 is 1.92 bits per heavy atom. The van der Waals surface area contributed by atoms with Crippen LogP contribution in [0, 0.1) is 4.64 Å². The van der Waals surface area contributed by atoms with Gasteiger partial charge in [0.15, 0.2) is 5.76 Å². The number of hydrogen-bond acceptors (Lipinski definition) is 2. The van der Waals surface area contributed by atoms with Crippen LogP contribution in [0.4, 0.5) is 0 Å². The van der Waals surface area contributed by atoms with Crippen molar-refractivity contribution in [3.05, 3.63) is 40.0 Å². The van der Waals surface area contributed by atoms with Crippen LogP contribution in [-0.2, 0) is 0 Å². The number of hydrogen-bond donors (Lipinski definition) is 1. The van der Waals surface area contributed by atoms with Gasteiger partial charge in [-0.15, -0.1) is 0 Å². The van der Waals surface area contributed by atoms with Crippen LogP contribution in [0.25, 0.3) is 11.3 Å². The molecule has 0 aliphatic rings. The van der Waals surface area contributed by atoms with Crippen molar-refractivity contribution in [3.8, 4) is 11.3 Å². The van der Waals surface area contributed by atoms with Crippen molar-refractivity contribution in [2.75, 3.05) is 0 Å². The molecule has 0 amide bonds. The Labute approximate surface area is 85.1 Å². The molecule has 0 bridgehead atoms. The fourth-order valence-electron chi connectivity index (χ4n) is 1.04. The SMILES string of the molecule is S=c1cc(-c2ccc(Cl)cc2)o[nH]1. The smallest absolute Gasteiger partial charge is 0.165 e. The third-order valence-electron chi connectivity index (χ3n) is 1.65. The predicted molar refractivity (Wildman–Crippen MR) is 54.3 cm³/mol. The lowest BCUT2D eigenvalue weighted by Crippen LogP contribution is -1.71. The summed E-state index contributed by atoms with van der Waals surface area (Å²) in [7, 11) is 0. The lowest BCUT2D eigenvalue weighted by molar-refractivity contribution is 0.429. The predicted octanol–water partition coefficient (Wildman–Crippen LogP) is 3.66. The van der Waals surface area contributed by atoms with Crippen LogP contribution in [0.15, 0.2) is 34.9 Å². The Morgan fingerprint density at radius 3 is 2.46 bits per heavy atom. The molecule has 1 aromatic heterocycles. The van der Waals surface area contributed by atoms with Gasteiger partial charge in [-0.3, -0.25) is 0 Å². The molecule has 13 heavy (non-hydrogen) atoms. The normalized spacial score (nSPS) is 10.2. The minimum atomic E-state index is 0.588. The molecule has 0 saturated heterocycles. The summed E-state index contributed by atoms with van der Waals surface area (Å²) in [6, 6.07) is 9.14. The Kier molecular flexibility index (Phi) is 2.20. The molecule has 0 atom stereocenters. The summed E-state index contributed by atoms with van der Waals surface area (Å²) in [5.74, 6) is 0.724.